The molecule has 1 aliphatic carbocycles. The number of amides is 2. The summed E-state index contributed by atoms with van der Waals surface area (Å²) < 4.78 is 10.8. The van der Waals surface area contributed by atoms with Gasteiger partial charge in [-0.25, -0.2) is 4.99 Å². The van der Waals surface area contributed by atoms with Crippen molar-refractivity contribution in [3.05, 3.63) is 59.2 Å². The molecule has 1 aromatic carbocycles. The van der Waals surface area contributed by atoms with E-state index in [1.54, 1.807) is 30.4 Å². The number of carbonyl (C=O) groups is 2. The van der Waals surface area contributed by atoms with E-state index in [0.29, 0.717) is 27.8 Å². The third-order valence-corrected chi connectivity index (χ3v) is 4.12. The van der Waals surface area contributed by atoms with Crippen molar-refractivity contribution in [1.82, 2.24) is 5.32 Å². The highest BCUT2D eigenvalue weighted by Gasteiger charge is 2.28. The Kier molecular flexibility index (Phi) is 5.53. The molecular weight excluding hydrogens is 356 g/mol. The lowest BCUT2D eigenvalue weighted by atomic mass is 9.87. The molecule has 2 aliphatic rings. The molecule has 0 bridgehead atoms. The second-order valence-electron chi connectivity index (χ2n) is 5.60. The molecule has 7 heteroatoms. The van der Waals surface area contributed by atoms with Gasteiger partial charge in [0.1, 0.15) is 6.61 Å². The Bertz CT molecular complexity index is 855. The number of hydrogen-bond donors (Lipinski definition) is 1. The Balaban J connectivity index is 1.56. The Morgan fingerprint density at radius 2 is 2.15 bits per heavy atom. The summed E-state index contributed by atoms with van der Waals surface area (Å²) in [6.45, 7) is 0.490. The van der Waals surface area contributed by atoms with Gasteiger partial charge in [-0.15, -0.1) is 0 Å². The average Bonchev–Trinajstić information content (AvgIpc) is 2.64. The molecule has 0 fully saturated rings. The standard InChI is InChI=1S/C19H17ClN2O4/c1-25-16-7-6-12(20)10-17(16)26-9-8-21-19(24)14-11-18(23)22-15-5-3-2-4-13(14)15/h2-7,10-11,13H,8-9H2,1H3,(H,21,24). The first kappa shape index (κ1) is 17.9. The number of hydrogen-bond acceptors (Lipinski definition) is 4. The van der Waals surface area contributed by atoms with E-state index in [2.05, 4.69) is 10.3 Å². The highest BCUT2D eigenvalue weighted by Crippen LogP contribution is 2.29. The molecule has 0 saturated heterocycles. The van der Waals surface area contributed by atoms with Crippen LogP contribution in [0.5, 0.6) is 11.5 Å². The van der Waals surface area contributed by atoms with Gasteiger partial charge in [0, 0.05) is 22.7 Å². The average molecular weight is 373 g/mol. The lowest BCUT2D eigenvalue weighted by Gasteiger charge is -2.21. The van der Waals surface area contributed by atoms with Gasteiger partial charge in [-0.05, 0) is 18.2 Å². The normalized spacial score (nSPS) is 17.9. The van der Waals surface area contributed by atoms with E-state index in [9.17, 15) is 9.59 Å². The third kappa shape index (κ3) is 4.03. The first-order valence-corrected chi connectivity index (χ1v) is 8.40. The maximum absolute atomic E-state index is 12.4. The minimum atomic E-state index is -0.429. The fourth-order valence-electron chi connectivity index (χ4n) is 2.68. The molecule has 1 aromatic rings. The molecule has 1 aliphatic heterocycles. The molecule has 134 valence electrons. The van der Waals surface area contributed by atoms with E-state index in [0.717, 1.165) is 0 Å². The summed E-state index contributed by atoms with van der Waals surface area (Å²) in [5, 5.41) is 3.28. The van der Waals surface area contributed by atoms with Crippen LogP contribution in [0.15, 0.2) is 59.1 Å². The van der Waals surface area contributed by atoms with Crippen molar-refractivity contribution in [1.29, 1.82) is 0 Å². The summed E-state index contributed by atoms with van der Waals surface area (Å²) >= 11 is 5.95. The van der Waals surface area contributed by atoms with E-state index in [1.165, 1.54) is 13.2 Å². The van der Waals surface area contributed by atoms with Gasteiger partial charge in [-0.1, -0.05) is 29.8 Å². The van der Waals surface area contributed by atoms with Crippen LogP contribution in [0.1, 0.15) is 0 Å². The summed E-state index contributed by atoms with van der Waals surface area (Å²) in [6, 6.07) is 5.05. The quantitative estimate of drug-likeness (QED) is 0.778. The van der Waals surface area contributed by atoms with Gasteiger partial charge in [-0.3, -0.25) is 9.59 Å². The minimum Gasteiger partial charge on any atom is -0.493 e. The van der Waals surface area contributed by atoms with Crippen LogP contribution in [-0.4, -0.2) is 37.8 Å². The first-order chi connectivity index (χ1) is 12.6. The zero-order valence-corrected chi connectivity index (χ0v) is 14.8. The van der Waals surface area contributed by atoms with E-state index in [1.807, 2.05) is 12.2 Å². The molecule has 1 atom stereocenters. The predicted octanol–water partition coefficient (Wildman–Crippen LogP) is 2.49. The van der Waals surface area contributed by atoms with Crippen molar-refractivity contribution in [3.63, 3.8) is 0 Å². The number of halogens is 1. The fourth-order valence-corrected chi connectivity index (χ4v) is 2.84. The number of nitrogens with zero attached hydrogens (tertiary/aromatic N) is 1. The highest BCUT2D eigenvalue weighted by atomic mass is 35.5. The number of dihydropyridines is 1. The number of fused-ring (bicyclic) bond motifs is 1. The number of ether oxygens (including phenoxy) is 2. The maximum Gasteiger partial charge on any atom is 0.270 e. The van der Waals surface area contributed by atoms with E-state index in [-0.39, 0.29) is 25.0 Å². The van der Waals surface area contributed by atoms with Gasteiger partial charge in [0.15, 0.2) is 11.5 Å². The second kappa shape index (κ2) is 8.01. The zero-order valence-electron chi connectivity index (χ0n) is 14.1. The highest BCUT2D eigenvalue weighted by molar-refractivity contribution is 6.30. The van der Waals surface area contributed by atoms with Crippen LogP contribution >= 0.6 is 11.6 Å². The molecule has 2 amide bonds. The number of nitrogens with one attached hydrogen (secondary N) is 1. The van der Waals surface area contributed by atoms with Gasteiger partial charge in [-0.2, -0.15) is 0 Å². The first-order valence-electron chi connectivity index (χ1n) is 8.02. The Morgan fingerprint density at radius 3 is 2.96 bits per heavy atom. The fraction of sp³-hybridized carbons (Fsp3) is 0.211. The van der Waals surface area contributed by atoms with Crippen molar-refractivity contribution in [2.75, 3.05) is 20.3 Å². The molecule has 1 N–H and O–H groups in total. The number of carbonyl (C=O) groups excluding carboxylic acids is 2. The van der Waals surface area contributed by atoms with E-state index in [4.69, 9.17) is 21.1 Å². The smallest absolute Gasteiger partial charge is 0.270 e. The molecule has 0 radical (unpaired) electrons. The molecule has 0 spiro atoms. The van der Waals surface area contributed by atoms with Crippen molar-refractivity contribution in [2.24, 2.45) is 10.9 Å². The van der Waals surface area contributed by atoms with Crippen LogP contribution in [0.3, 0.4) is 0 Å². The molecule has 0 saturated carbocycles. The lowest BCUT2D eigenvalue weighted by Crippen LogP contribution is -2.35. The van der Waals surface area contributed by atoms with Crippen LogP contribution in [-0.2, 0) is 9.59 Å². The molecule has 3 rings (SSSR count). The number of aliphatic imine (C=N–C) groups is 1. The third-order valence-electron chi connectivity index (χ3n) is 3.89. The monoisotopic (exact) mass is 372 g/mol. The summed E-state index contributed by atoms with van der Waals surface area (Å²) in [5.41, 5.74) is 0.950. The SMILES string of the molecule is COc1ccc(Cl)cc1OCCNC(=O)C1=CC(=O)N=C2C=CC=CC12. The number of rotatable bonds is 6. The minimum absolute atomic E-state index is 0.227. The van der Waals surface area contributed by atoms with E-state index >= 15 is 0 Å². The van der Waals surface area contributed by atoms with Gasteiger partial charge in [0.05, 0.1) is 25.3 Å². The summed E-state index contributed by atoms with van der Waals surface area (Å²) in [6.07, 6.45) is 8.46. The Morgan fingerprint density at radius 1 is 1.31 bits per heavy atom. The Labute approximate surface area is 155 Å². The molecule has 1 heterocycles. The predicted molar refractivity (Wildman–Crippen MR) is 98.8 cm³/mol. The van der Waals surface area contributed by atoms with E-state index < -0.39 is 5.91 Å². The maximum atomic E-state index is 12.4. The van der Waals surface area contributed by atoms with Crippen molar-refractivity contribution < 1.29 is 19.1 Å². The van der Waals surface area contributed by atoms with Crippen molar-refractivity contribution >= 4 is 29.1 Å². The molecule has 1 unspecified atom stereocenters. The topological polar surface area (TPSA) is 77.0 Å². The molecule has 6 nitrogen and oxygen atoms in total. The Hall–Kier alpha value is -2.86. The van der Waals surface area contributed by atoms with Crippen LogP contribution in [0, 0.1) is 5.92 Å². The van der Waals surface area contributed by atoms with Crippen LogP contribution in [0.25, 0.3) is 0 Å². The second-order valence-corrected chi connectivity index (χ2v) is 6.03. The number of methoxy groups -OCH3 is 1. The number of allylic oxidation sites excluding steroid dienone is 4. The van der Waals surface area contributed by atoms with Gasteiger partial charge < -0.3 is 14.8 Å². The van der Waals surface area contributed by atoms with Crippen LogP contribution in [0.2, 0.25) is 5.02 Å². The lowest BCUT2D eigenvalue weighted by molar-refractivity contribution is -0.119. The van der Waals surface area contributed by atoms with Gasteiger partial charge in [0.2, 0.25) is 5.91 Å². The summed E-state index contributed by atoms with van der Waals surface area (Å²) in [7, 11) is 1.54. The summed E-state index contributed by atoms with van der Waals surface area (Å²) in [4.78, 5) is 28.1. The van der Waals surface area contributed by atoms with Crippen LogP contribution < -0.4 is 14.8 Å². The molecular formula is C19H17ClN2O4. The largest absolute Gasteiger partial charge is 0.493 e. The molecule has 26 heavy (non-hydrogen) atoms. The van der Waals surface area contributed by atoms with Crippen LogP contribution in [0.4, 0.5) is 0 Å². The van der Waals surface area contributed by atoms with Gasteiger partial charge in [0.25, 0.3) is 5.91 Å². The van der Waals surface area contributed by atoms with Crippen molar-refractivity contribution in [3.8, 4) is 11.5 Å². The van der Waals surface area contributed by atoms with Gasteiger partial charge >= 0.3 is 0 Å². The van der Waals surface area contributed by atoms with Crippen molar-refractivity contribution in [2.45, 2.75) is 0 Å². The zero-order chi connectivity index (χ0) is 18.5. The summed E-state index contributed by atoms with van der Waals surface area (Å²) in [5.74, 6) is 0.00244. The molecule has 0 aromatic heterocycles. The number of benzene rings is 1.